The largest absolute Gasteiger partial charge is 0.508 e. The van der Waals surface area contributed by atoms with Gasteiger partial charge in [0.15, 0.2) is 23.0 Å². The van der Waals surface area contributed by atoms with Crippen LogP contribution in [0, 0.1) is 62.3 Å². The van der Waals surface area contributed by atoms with Crippen LogP contribution in [0.3, 0.4) is 0 Å². The van der Waals surface area contributed by atoms with Crippen LogP contribution in [0.2, 0.25) is 0 Å². The molecule has 6 heterocycles. The quantitative estimate of drug-likeness (QED) is 0.00843. The number of ether oxygens (including phenoxy) is 8. The van der Waals surface area contributed by atoms with Crippen LogP contribution < -0.4 is 37.9 Å². The van der Waals surface area contributed by atoms with Gasteiger partial charge in [0.25, 0.3) is 12.9 Å². The Hall–Kier alpha value is -12.4. The highest BCUT2D eigenvalue weighted by Crippen LogP contribution is 2.50. The van der Waals surface area contributed by atoms with Gasteiger partial charge in [-0.05, 0) is 380 Å². The summed E-state index contributed by atoms with van der Waals surface area (Å²) in [6, 6.07) is 20.4. The molecule has 0 radical (unpaired) electrons. The maximum atomic E-state index is 12.1. The number of H-pyrrole nitrogens is 1. The molecular formula is C112H146N2O21. The summed E-state index contributed by atoms with van der Waals surface area (Å²) in [4.78, 5) is 62.9. The number of nitrogens with zero attached hydrogens (tertiary/aromatic N) is 1. The third kappa shape index (κ3) is 28.8. The number of allylic oxidation sites excluding steroid dienone is 8. The van der Waals surface area contributed by atoms with Crippen LogP contribution in [0.15, 0.2) is 119 Å². The lowest BCUT2D eigenvalue weighted by Gasteiger charge is -2.38. The molecule has 0 bridgehead atoms. The summed E-state index contributed by atoms with van der Waals surface area (Å²) >= 11 is 0. The van der Waals surface area contributed by atoms with Gasteiger partial charge >= 0.3 is 5.97 Å². The standard InChI is InChI=1S/C22H26O5.C20H30O2.2C19H28O2.C18H26O2.C14H8N2O8/c1-15-4-5-16(12-21(15)26-2)6-9-18(23)14-19(24)10-7-17-8-11-20(25)22(13-17)27-3;1-7-13(2)9-8-11-20(6)12-10-17-16(5)18(21)14(3)15(4)19(17)22-20;1-6-13(2)8-7-10-19(5)11-9-16-12-17(20)14(3)15(4)18(16)21-19;1-6-13(2)8-7-10-19(5)11-9-16-15(4)17(20)12-14(3)18(16)21-19;1-5-13(2)7-6-9-18(4)10-8-15-12-16(19)11-14(3)17(15)20-18;17-3-23-7-2-8(24-4-18)16-11-9(7)10-5(12(19)13(11)20)1-6(15-10)14(21)22/h4-5,8,11-13,25H,6-7,9-10,14H2,1-3H3;9,21H,7-8,10-12H2,1-6H3;2*8,12,20H,6-7,9-11H2,1-5H3;7,11-12,19H,5-6,8-10H2,1-4H3;1-4,15,19-20H,(H,21,22)/b;13-9+;2*13-8+;13-7+;/t;20-;2*19-;18-;/m.1111./s1. The van der Waals surface area contributed by atoms with Crippen LogP contribution in [0.25, 0.3) is 21.8 Å². The Labute approximate surface area is 798 Å². The number of phenols is 7. The van der Waals surface area contributed by atoms with Gasteiger partial charge < -0.3 is 83.7 Å². The Balaban J connectivity index is 0.000000200. The number of aryl methyl sites for hydroxylation is 7. The summed E-state index contributed by atoms with van der Waals surface area (Å²) in [5, 5.41) is 78.7. The van der Waals surface area contributed by atoms with Gasteiger partial charge in [0, 0.05) is 35.4 Å². The Morgan fingerprint density at radius 1 is 0.444 bits per heavy atom. The van der Waals surface area contributed by atoms with Crippen molar-refractivity contribution in [3.05, 3.63) is 209 Å². The predicted molar refractivity (Wildman–Crippen MR) is 534 cm³/mol. The number of fused-ring (bicyclic) bond motifs is 7. The van der Waals surface area contributed by atoms with Crippen LogP contribution in [0.5, 0.6) is 86.4 Å². The van der Waals surface area contributed by atoms with Gasteiger partial charge in [-0.15, -0.1) is 0 Å². The van der Waals surface area contributed by atoms with Crippen LogP contribution in [0.1, 0.15) is 299 Å². The summed E-state index contributed by atoms with van der Waals surface area (Å²) < 4.78 is 45.2. The molecule has 9 N–H and O–H groups in total. The lowest BCUT2D eigenvalue weighted by atomic mass is 9.85. The first-order valence-electron chi connectivity index (χ1n) is 47.4. The fourth-order valence-corrected chi connectivity index (χ4v) is 17.2. The second kappa shape index (κ2) is 48.7. The Bertz CT molecular complexity index is 5770. The predicted octanol–water partition coefficient (Wildman–Crippen LogP) is 25.6. The van der Waals surface area contributed by atoms with Crippen molar-refractivity contribution in [2.24, 2.45) is 0 Å². The molecular weight excluding hydrogens is 1710 g/mol. The fourth-order valence-electron chi connectivity index (χ4n) is 17.2. The lowest BCUT2D eigenvalue weighted by molar-refractivity contribution is -0.127. The fraction of sp³-hybridized carbons (Fsp3) is 0.464. The third-order valence-electron chi connectivity index (χ3n) is 27.1. The van der Waals surface area contributed by atoms with E-state index in [0.717, 1.165) is 242 Å². The van der Waals surface area contributed by atoms with E-state index in [1.54, 1.807) is 31.4 Å². The zero-order valence-corrected chi connectivity index (χ0v) is 83.9. The minimum absolute atomic E-state index is 0.0148. The van der Waals surface area contributed by atoms with E-state index >= 15 is 0 Å². The normalized spacial score (nSPS) is 17.6. The molecule has 135 heavy (non-hydrogen) atoms. The Kier molecular flexibility index (Phi) is 38.9. The number of carboxylic acid groups (broad SMARTS) is 1. The molecule has 13 rings (SSSR count). The van der Waals surface area contributed by atoms with Gasteiger partial charge in [-0.25, -0.2) is 9.78 Å². The number of carboxylic acids is 1. The van der Waals surface area contributed by atoms with Crippen molar-refractivity contribution < 1.29 is 103 Å². The number of ketones is 2. The molecule has 23 nitrogen and oxygen atoms in total. The molecule has 0 spiro atoms. The molecule has 7 aromatic carbocycles. The number of aromatic carboxylic acids is 1. The molecule has 0 saturated carbocycles. The highest BCUT2D eigenvalue weighted by molar-refractivity contribution is 6.15. The summed E-state index contributed by atoms with van der Waals surface area (Å²) in [6.07, 6.45) is 32.0. The second-order valence-corrected chi connectivity index (χ2v) is 37.7. The van der Waals surface area contributed by atoms with Crippen molar-refractivity contribution in [1.82, 2.24) is 9.97 Å². The molecule has 9 aromatic rings. The molecule has 23 heteroatoms. The van der Waals surface area contributed by atoms with Crippen LogP contribution in [0.4, 0.5) is 0 Å². The number of aromatic amines is 1. The van der Waals surface area contributed by atoms with Gasteiger partial charge in [0.05, 0.1) is 31.5 Å². The zero-order chi connectivity index (χ0) is 99.7. The molecule has 2 aromatic heterocycles. The number of hydrogen-bond donors (Lipinski definition) is 9. The highest BCUT2D eigenvalue weighted by Gasteiger charge is 2.38. The average Bonchev–Trinajstić information content (AvgIpc) is 1.61. The summed E-state index contributed by atoms with van der Waals surface area (Å²) in [5.41, 5.74) is 20.7. The molecule has 4 aliphatic heterocycles. The topological polar surface area (TPSA) is 350 Å². The number of Topliss-reactive ketones (excluding diaryl/α,β-unsaturated/α-hetero) is 2. The molecule has 0 amide bonds. The number of pyridine rings is 1. The number of aromatic hydroxyl groups is 7. The summed E-state index contributed by atoms with van der Waals surface area (Å²) in [6.45, 7) is 44.6. The van der Waals surface area contributed by atoms with Crippen molar-refractivity contribution in [2.45, 2.75) is 328 Å². The van der Waals surface area contributed by atoms with Crippen molar-refractivity contribution in [3.8, 4) is 86.4 Å². The first-order valence-corrected chi connectivity index (χ1v) is 47.4. The van der Waals surface area contributed by atoms with E-state index in [-0.39, 0.29) is 105 Å². The first-order chi connectivity index (χ1) is 63.8. The zero-order valence-electron chi connectivity index (χ0n) is 83.9. The lowest BCUT2D eigenvalue weighted by Crippen LogP contribution is -2.37. The maximum absolute atomic E-state index is 12.1. The van der Waals surface area contributed by atoms with E-state index in [1.165, 1.54) is 40.5 Å². The molecule has 4 atom stereocenters. The van der Waals surface area contributed by atoms with Gasteiger partial charge in [0.1, 0.15) is 103 Å². The molecule has 4 aliphatic rings. The number of methoxy groups -OCH3 is 2. The number of carbonyl (C=O) groups is 5. The summed E-state index contributed by atoms with van der Waals surface area (Å²) in [7, 11) is 3.10. The van der Waals surface area contributed by atoms with E-state index in [0.29, 0.717) is 48.0 Å². The minimum Gasteiger partial charge on any atom is -0.508 e. The van der Waals surface area contributed by atoms with Gasteiger partial charge in [-0.3, -0.25) is 19.2 Å². The Morgan fingerprint density at radius 3 is 1.39 bits per heavy atom. The smallest absolute Gasteiger partial charge is 0.352 e. The van der Waals surface area contributed by atoms with E-state index in [2.05, 4.69) is 129 Å². The second-order valence-electron chi connectivity index (χ2n) is 37.7. The van der Waals surface area contributed by atoms with Crippen LogP contribution in [-0.4, -0.2) is 118 Å². The van der Waals surface area contributed by atoms with Gasteiger partial charge in [0.2, 0.25) is 5.88 Å². The highest BCUT2D eigenvalue weighted by atomic mass is 16.5. The number of hydrogen-bond acceptors (Lipinski definition) is 21. The van der Waals surface area contributed by atoms with Gasteiger partial charge in [-0.1, -0.05) is 92.5 Å². The third-order valence-corrected chi connectivity index (χ3v) is 27.1. The van der Waals surface area contributed by atoms with Crippen LogP contribution >= 0.6 is 0 Å². The molecule has 0 unspecified atom stereocenters. The van der Waals surface area contributed by atoms with E-state index in [4.69, 9.17) is 38.3 Å². The molecule has 730 valence electrons. The molecule has 0 aliphatic carbocycles. The number of rotatable bonds is 31. The van der Waals surface area contributed by atoms with Crippen molar-refractivity contribution in [2.75, 3.05) is 14.2 Å². The number of nitrogens with one attached hydrogen (secondary N) is 1. The summed E-state index contributed by atoms with van der Waals surface area (Å²) in [5.74, 6) is 3.58. The van der Waals surface area contributed by atoms with Crippen LogP contribution in [-0.2, 0) is 57.7 Å². The minimum atomic E-state index is -1.30. The SMILES string of the molecule is CC/C(C)=C/CC[C@]1(C)CCc2c(C)c(O)c(C)c(C)c2O1.CC/C(C)=C/CC[C@]1(C)CCc2c(C)c(O)cc(C)c2O1.CC/C(C)=C/CC[C@]1(C)CCc2cc(O)c(C)c(C)c2O1.CC/C(C)=C/CC[C@]1(C)CCc2cc(O)cc(C)c2O1.COc1cc(CCC(=O)CC(=O)CCc2ccc(O)c(OC)c2)ccc1C.O=COc1cc(OC=O)c2c(n1)c(O)c(O)c1cc(C(=O)O)[nH]c12. The van der Waals surface area contributed by atoms with Crippen molar-refractivity contribution >= 4 is 52.3 Å². The first kappa shape index (κ1) is 108. The van der Waals surface area contributed by atoms with Crippen molar-refractivity contribution in [3.63, 3.8) is 0 Å². The van der Waals surface area contributed by atoms with E-state index < -0.39 is 17.5 Å². The number of phenolic OH excluding ortho intramolecular Hbond substituents is 7. The monoisotopic (exact) mass is 1860 g/mol. The van der Waals surface area contributed by atoms with Crippen molar-refractivity contribution in [1.29, 1.82) is 0 Å². The number of carbonyl (C=O) groups excluding carboxylic acids is 4. The van der Waals surface area contributed by atoms with Gasteiger partial charge in [-0.2, -0.15) is 0 Å². The Morgan fingerprint density at radius 2 is 0.889 bits per heavy atom. The maximum Gasteiger partial charge on any atom is 0.352 e. The number of aromatic nitrogens is 2. The molecule has 0 saturated heterocycles. The number of benzene rings is 7. The average molecular weight is 1860 g/mol. The van der Waals surface area contributed by atoms with E-state index in [1.807, 2.05) is 91.8 Å². The molecule has 0 fully saturated rings. The van der Waals surface area contributed by atoms with E-state index in [9.17, 15) is 59.7 Å².